The highest BCUT2D eigenvalue weighted by Crippen LogP contribution is 2.38. The summed E-state index contributed by atoms with van der Waals surface area (Å²) in [6.45, 7) is 2.13. The van der Waals surface area contributed by atoms with Crippen LogP contribution in [-0.4, -0.2) is 0 Å². The van der Waals surface area contributed by atoms with Crippen molar-refractivity contribution in [3.63, 3.8) is 0 Å². The number of benzene rings is 1. The molecule has 1 aliphatic rings. The van der Waals surface area contributed by atoms with Crippen LogP contribution in [0.15, 0.2) is 41.4 Å². The first-order valence-corrected chi connectivity index (χ1v) is 7.33. The Hall–Kier alpha value is -1.54. The second-order valence-electron chi connectivity index (χ2n) is 4.69. The van der Waals surface area contributed by atoms with Crippen LogP contribution in [0, 0.1) is 0 Å². The molecule has 0 aliphatic heterocycles. The summed E-state index contributed by atoms with van der Waals surface area (Å²) in [6.07, 6.45) is 3.14. The van der Waals surface area contributed by atoms with E-state index in [-0.39, 0.29) is 0 Å². The number of hydrogen-bond acceptors (Lipinski definition) is 2. The summed E-state index contributed by atoms with van der Waals surface area (Å²) in [5, 5.41) is 2.18. The van der Waals surface area contributed by atoms with Gasteiger partial charge in [0, 0.05) is 16.1 Å². The Balaban J connectivity index is 2.30. The third-order valence-electron chi connectivity index (χ3n) is 3.63. The van der Waals surface area contributed by atoms with Crippen molar-refractivity contribution in [3.05, 3.63) is 63.0 Å². The number of rotatable bonds is 1. The zero-order chi connectivity index (χ0) is 12.5. The Morgan fingerprint density at radius 3 is 2.78 bits per heavy atom. The molecule has 1 aliphatic carbocycles. The van der Waals surface area contributed by atoms with Gasteiger partial charge in [-0.1, -0.05) is 31.2 Å². The van der Waals surface area contributed by atoms with Crippen LogP contribution in [0.3, 0.4) is 0 Å². The largest absolute Gasteiger partial charge is 0.402 e. The molecule has 0 radical (unpaired) electrons. The van der Waals surface area contributed by atoms with Gasteiger partial charge in [-0.05, 0) is 47.4 Å². The number of hydrogen-bond donors (Lipinski definition) is 1. The van der Waals surface area contributed by atoms with Gasteiger partial charge in [-0.2, -0.15) is 0 Å². The van der Waals surface area contributed by atoms with Gasteiger partial charge in [0.2, 0.25) is 0 Å². The van der Waals surface area contributed by atoms with Crippen molar-refractivity contribution in [1.82, 2.24) is 0 Å². The predicted molar refractivity (Wildman–Crippen MR) is 78.7 cm³/mol. The number of allylic oxidation sites excluding steroid dienone is 1. The third kappa shape index (κ3) is 1.77. The van der Waals surface area contributed by atoms with Gasteiger partial charge in [-0.25, -0.2) is 0 Å². The fourth-order valence-corrected chi connectivity index (χ4v) is 3.67. The SMILES string of the molecule is CC/C(N)=C1/c2ccccc2CCc2ccsc21. The average Bonchev–Trinajstić information content (AvgIpc) is 2.80. The van der Waals surface area contributed by atoms with Crippen molar-refractivity contribution in [2.24, 2.45) is 5.73 Å². The van der Waals surface area contributed by atoms with Gasteiger partial charge in [0.1, 0.15) is 0 Å². The second kappa shape index (κ2) is 4.62. The molecule has 1 aromatic heterocycles. The quantitative estimate of drug-likeness (QED) is 0.819. The Kier molecular flexibility index (Phi) is 2.96. The molecular weight excluding hydrogens is 238 g/mol. The van der Waals surface area contributed by atoms with E-state index < -0.39 is 0 Å². The first-order chi connectivity index (χ1) is 8.81. The zero-order valence-corrected chi connectivity index (χ0v) is 11.4. The normalized spacial score (nSPS) is 16.7. The van der Waals surface area contributed by atoms with Crippen molar-refractivity contribution in [2.75, 3.05) is 0 Å². The van der Waals surface area contributed by atoms with Gasteiger partial charge in [0.15, 0.2) is 0 Å². The monoisotopic (exact) mass is 255 g/mol. The summed E-state index contributed by atoms with van der Waals surface area (Å²) in [6, 6.07) is 10.9. The molecule has 0 amide bonds. The average molecular weight is 255 g/mol. The van der Waals surface area contributed by atoms with Crippen molar-refractivity contribution in [1.29, 1.82) is 0 Å². The number of thiophene rings is 1. The Morgan fingerprint density at radius 2 is 1.94 bits per heavy atom. The first-order valence-electron chi connectivity index (χ1n) is 6.45. The topological polar surface area (TPSA) is 26.0 Å². The molecule has 18 heavy (non-hydrogen) atoms. The summed E-state index contributed by atoms with van der Waals surface area (Å²) in [4.78, 5) is 1.37. The molecule has 2 aromatic rings. The first kappa shape index (κ1) is 11.5. The lowest BCUT2D eigenvalue weighted by molar-refractivity contribution is 0.970. The Labute approximate surface area is 112 Å². The van der Waals surface area contributed by atoms with E-state index in [4.69, 9.17) is 5.73 Å². The molecule has 0 saturated carbocycles. The van der Waals surface area contributed by atoms with E-state index in [0.29, 0.717) is 0 Å². The molecular formula is C16H17NS. The molecule has 92 valence electrons. The molecule has 1 aromatic carbocycles. The minimum absolute atomic E-state index is 0.904. The molecule has 1 heterocycles. The highest BCUT2D eigenvalue weighted by atomic mass is 32.1. The number of nitrogens with two attached hydrogens (primary N) is 1. The van der Waals surface area contributed by atoms with Crippen molar-refractivity contribution >= 4 is 16.9 Å². The molecule has 2 N–H and O–H groups in total. The lowest BCUT2D eigenvalue weighted by Crippen LogP contribution is -2.02. The Bertz CT molecular complexity index is 607. The Morgan fingerprint density at radius 1 is 1.17 bits per heavy atom. The van der Waals surface area contributed by atoms with E-state index in [1.807, 2.05) is 11.3 Å². The van der Waals surface area contributed by atoms with E-state index in [1.165, 1.54) is 27.1 Å². The minimum Gasteiger partial charge on any atom is -0.402 e. The van der Waals surface area contributed by atoms with Crippen molar-refractivity contribution in [2.45, 2.75) is 26.2 Å². The van der Waals surface area contributed by atoms with Gasteiger partial charge >= 0.3 is 0 Å². The summed E-state index contributed by atoms with van der Waals surface area (Å²) in [5.41, 5.74) is 12.8. The van der Waals surface area contributed by atoms with Crippen LogP contribution in [-0.2, 0) is 12.8 Å². The molecule has 0 bridgehead atoms. The number of aryl methyl sites for hydroxylation is 2. The van der Waals surface area contributed by atoms with E-state index >= 15 is 0 Å². The minimum atomic E-state index is 0.904. The highest BCUT2D eigenvalue weighted by Gasteiger charge is 2.20. The van der Waals surface area contributed by atoms with Crippen LogP contribution in [0.1, 0.15) is 34.9 Å². The van der Waals surface area contributed by atoms with Crippen molar-refractivity contribution in [3.8, 4) is 0 Å². The second-order valence-corrected chi connectivity index (χ2v) is 5.60. The fraction of sp³-hybridized carbons (Fsp3) is 0.250. The van der Waals surface area contributed by atoms with Crippen LogP contribution in [0.2, 0.25) is 0 Å². The van der Waals surface area contributed by atoms with Gasteiger partial charge in [-0.15, -0.1) is 11.3 Å². The standard InChI is InChI=1S/C16H17NS/c1-2-14(17)15-13-6-4-3-5-11(13)7-8-12-9-10-18-16(12)15/h3-6,9-10H,2,7-8,17H2,1H3/b15-14+. The van der Waals surface area contributed by atoms with Crippen LogP contribution in [0.25, 0.3) is 5.57 Å². The van der Waals surface area contributed by atoms with Gasteiger partial charge < -0.3 is 5.73 Å². The summed E-state index contributed by atoms with van der Waals surface area (Å²) in [7, 11) is 0. The molecule has 0 saturated heterocycles. The summed E-state index contributed by atoms with van der Waals surface area (Å²) >= 11 is 1.82. The molecule has 0 spiro atoms. The van der Waals surface area contributed by atoms with Crippen LogP contribution < -0.4 is 5.73 Å². The van der Waals surface area contributed by atoms with E-state index in [1.54, 1.807) is 0 Å². The zero-order valence-electron chi connectivity index (χ0n) is 10.6. The van der Waals surface area contributed by atoms with E-state index in [9.17, 15) is 0 Å². The molecule has 2 heteroatoms. The lowest BCUT2D eigenvalue weighted by atomic mass is 9.97. The van der Waals surface area contributed by atoms with Crippen molar-refractivity contribution < 1.29 is 0 Å². The summed E-state index contributed by atoms with van der Waals surface area (Å²) in [5.74, 6) is 0. The molecule has 1 nitrogen and oxygen atoms in total. The maximum absolute atomic E-state index is 6.29. The molecule has 3 rings (SSSR count). The van der Waals surface area contributed by atoms with Crippen LogP contribution in [0.4, 0.5) is 0 Å². The lowest BCUT2D eigenvalue weighted by Gasteiger charge is -2.12. The molecule has 0 unspecified atom stereocenters. The van der Waals surface area contributed by atoms with Gasteiger partial charge in [0.05, 0.1) is 0 Å². The maximum Gasteiger partial charge on any atom is 0.0398 e. The van der Waals surface area contributed by atoms with E-state index in [2.05, 4.69) is 42.6 Å². The van der Waals surface area contributed by atoms with Crippen LogP contribution in [0.5, 0.6) is 0 Å². The summed E-state index contributed by atoms with van der Waals surface area (Å²) < 4.78 is 0. The molecule has 0 atom stereocenters. The third-order valence-corrected chi connectivity index (χ3v) is 4.60. The number of fused-ring (bicyclic) bond motifs is 2. The van der Waals surface area contributed by atoms with Gasteiger partial charge in [0.25, 0.3) is 0 Å². The maximum atomic E-state index is 6.29. The van der Waals surface area contributed by atoms with E-state index in [0.717, 1.165) is 25.0 Å². The smallest absolute Gasteiger partial charge is 0.0398 e. The fourth-order valence-electron chi connectivity index (χ4n) is 2.62. The highest BCUT2D eigenvalue weighted by molar-refractivity contribution is 7.11. The predicted octanol–water partition coefficient (Wildman–Crippen LogP) is 3.97. The van der Waals surface area contributed by atoms with Gasteiger partial charge in [-0.3, -0.25) is 0 Å². The van der Waals surface area contributed by atoms with Crippen LogP contribution >= 0.6 is 11.3 Å². The molecule has 0 fully saturated rings.